The van der Waals surface area contributed by atoms with Crippen LogP contribution in [0.1, 0.15) is 22.9 Å². The van der Waals surface area contributed by atoms with E-state index in [-0.39, 0.29) is 6.04 Å². The Morgan fingerprint density at radius 2 is 2.16 bits per heavy atom. The molecule has 0 fully saturated rings. The number of hydrogen-bond acceptors (Lipinski definition) is 4. The van der Waals surface area contributed by atoms with Crippen LogP contribution in [0.4, 0.5) is 0 Å². The second-order valence-corrected chi connectivity index (χ2v) is 4.49. The average molecular weight is 253 g/mol. The molecular formula is C15H15N3O. The molecule has 0 aliphatic heterocycles. The minimum Gasteiger partial charge on any atom is -0.469 e. The quantitative estimate of drug-likeness (QED) is 0.556. The van der Waals surface area contributed by atoms with Gasteiger partial charge in [-0.05, 0) is 30.7 Å². The first kappa shape index (κ1) is 11.9. The molecule has 0 saturated heterocycles. The standard InChI is InChI=1S/C15H15N3O/c1-10-13(6-8-19-10)15(18-16)12-5-4-11-3-2-7-17-14(11)9-12/h2-9,15,18H,16H2,1H3. The third-order valence-corrected chi connectivity index (χ3v) is 3.34. The van der Waals surface area contributed by atoms with E-state index in [0.29, 0.717) is 0 Å². The molecule has 19 heavy (non-hydrogen) atoms. The number of hydrazine groups is 1. The lowest BCUT2D eigenvalue weighted by atomic mass is 9.98. The van der Waals surface area contributed by atoms with Gasteiger partial charge in [0, 0.05) is 17.1 Å². The number of aryl methyl sites for hydroxylation is 1. The van der Waals surface area contributed by atoms with Gasteiger partial charge in [-0.25, -0.2) is 5.43 Å². The largest absolute Gasteiger partial charge is 0.469 e. The van der Waals surface area contributed by atoms with E-state index < -0.39 is 0 Å². The maximum absolute atomic E-state index is 5.70. The van der Waals surface area contributed by atoms with Gasteiger partial charge in [-0.3, -0.25) is 10.8 Å². The molecule has 1 aromatic carbocycles. The molecule has 2 aromatic heterocycles. The number of nitrogens with zero attached hydrogens (tertiary/aromatic N) is 1. The normalized spacial score (nSPS) is 12.7. The molecule has 4 heteroatoms. The summed E-state index contributed by atoms with van der Waals surface area (Å²) < 4.78 is 5.35. The van der Waals surface area contributed by atoms with Crippen molar-refractivity contribution >= 4 is 10.9 Å². The summed E-state index contributed by atoms with van der Waals surface area (Å²) in [5.74, 6) is 6.56. The van der Waals surface area contributed by atoms with Gasteiger partial charge in [0.2, 0.25) is 0 Å². The lowest BCUT2D eigenvalue weighted by molar-refractivity contribution is 0.520. The molecule has 0 spiro atoms. The van der Waals surface area contributed by atoms with Crippen molar-refractivity contribution in [1.82, 2.24) is 10.4 Å². The smallest absolute Gasteiger partial charge is 0.105 e. The van der Waals surface area contributed by atoms with E-state index in [1.54, 1.807) is 12.5 Å². The predicted molar refractivity (Wildman–Crippen MR) is 74.4 cm³/mol. The molecule has 0 saturated carbocycles. The first-order chi connectivity index (χ1) is 9.29. The van der Waals surface area contributed by atoms with Gasteiger partial charge in [0.1, 0.15) is 5.76 Å². The third-order valence-electron chi connectivity index (χ3n) is 3.34. The molecule has 4 nitrogen and oxygen atoms in total. The zero-order chi connectivity index (χ0) is 13.2. The lowest BCUT2D eigenvalue weighted by Gasteiger charge is -2.16. The first-order valence-corrected chi connectivity index (χ1v) is 6.14. The van der Waals surface area contributed by atoms with Crippen molar-refractivity contribution in [2.75, 3.05) is 0 Å². The van der Waals surface area contributed by atoms with Gasteiger partial charge in [-0.15, -0.1) is 0 Å². The molecule has 1 unspecified atom stereocenters. The van der Waals surface area contributed by atoms with Gasteiger partial charge < -0.3 is 4.42 Å². The fourth-order valence-corrected chi connectivity index (χ4v) is 2.32. The van der Waals surface area contributed by atoms with Crippen molar-refractivity contribution in [3.05, 3.63) is 65.7 Å². The van der Waals surface area contributed by atoms with E-state index in [0.717, 1.165) is 27.8 Å². The molecule has 0 aliphatic carbocycles. The lowest BCUT2D eigenvalue weighted by Crippen LogP contribution is -2.29. The maximum Gasteiger partial charge on any atom is 0.105 e. The first-order valence-electron chi connectivity index (χ1n) is 6.14. The molecule has 3 aromatic rings. The summed E-state index contributed by atoms with van der Waals surface area (Å²) in [5.41, 5.74) is 5.91. The van der Waals surface area contributed by atoms with Crippen molar-refractivity contribution in [1.29, 1.82) is 0 Å². The molecular weight excluding hydrogens is 238 g/mol. The zero-order valence-electron chi connectivity index (χ0n) is 10.6. The summed E-state index contributed by atoms with van der Waals surface area (Å²) in [7, 11) is 0. The van der Waals surface area contributed by atoms with Gasteiger partial charge >= 0.3 is 0 Å². The Hall–Kier alpha value is -2.17. The Kier molecular flexibility index (Phi) is 3.03. The van der Waals surface area contributed by atoms with E-state index in [2.05, 4.69) is 22.5 Å². The summed E-state index contributed by atoms with van der Waals surface area (Å²) >= 11 is 0. The molecule has 0 radical (unpaired) electrons. The Labute approximate surface area is 111 Å². The molecule has 2 heterocycles. The Morgan fingerprint density at radius 1 is 1.26 bits per heavy atom. The highest BCUT2D eigenvalue weighted by Gasteiger charge is 2.16. The molecule has 0 bridgehead atoms. The van der Waals surface area contributed by atoms with Crippen LogP contribution in [-0.2, 0) is 0 Å². The highest BCUT2D eigenvalue weighted by atomic mass is 16.3. The second-order valence-electron chi connectivity index (χ2n) is 4.49. The summed E-state index contributed by atoms with van der Waals surface area (Å²) in [4.78, 5) is 4.37. The van der Waals surface area contributed by atoms with Gasteiger partial charge in [0.15, 0.2) is 0 Å². The van der Waals surface area contributed by atoms with Crippen molar-refractivity contribution in [3.63, 3.8) is 0 Å². The van der Waals surface area contributed by atoms with Crippen LogP contribution in [0.3, 0.4) is 0 Å². The topological polar surface area (TPSA) is 64.1 Å². The number of benzene rings is 1. The van der Waals surface area contributed by atoms with Crippen molar-refractivity contribution in [3.8, 4) is 0 Å². The van der Waals surface area contributed by atoms with Crippen LogP contribution in [0.15, 0.2) is 53.3 Å². The van der Waals surface area contributed by atoms with Crippen molar-refractivity contribution in [2.45, 2.75) is 13.0 Å². The summed E-state index contributed by atoms with van der Waals surface area (Å²) in [5, 5.41) is 1.12. The second kappa shape index (κ2) is 4.84. The number of nitrogens with two attached hydrogens (primary N) is 1. The highest BCUT2D eigenvalue weighted by molar-refractivity contribution is 5.79. The van der Waals surface area contributed by atoms with Crippen LogP contribution >= 0.6 is 0 Å². The minimum atomic E-state index is -0.0924. The number of aromatic nitrogens is 1. The number of fused-ring (bicyclic) bond motifs is 1. The van der Waals surface area contributed by atoms with Crippen molar-refractivity contribution in [2.24, 2.45) is 5.84 Å². The molecule has 0 aliphatic rings. The predicted octanol–water partition coefficient (Wildman–Crippen LogP) is 2.69. The number of hydrogen-bond donors (Lipinski definition) is 2. The fourth-order valence-electron chi connectivity index (χ4n) is 2.32. The van der Waals surface area contributed by atoms with Crippen LogP contribution in [0.2, 0.25) is 0 Å². The number of rotatable bonds is 3. The molecule has 1 atom stereocenters. The molecule has 96 valence electrons. The highest BCUT2D eigenvalue weighted by Crippen LogP contribution is 2.26. The van der Waals surface area contributed by atoms with Crippen LogP contribution in [-0.4, -0.2) is 4.98 Å². The van der Waals surface area contributed by atoms with Crippen LogP contribution in [0.5, 0.6) is 0 Å². The van der Waals surface area contributed by atoms with Crippen LogP contribution in [0, 0.1) is 6.92 Å². The maximum atomic E-state index is 5.70. The van der Waals surface area contributed by atoms with E-state index in [1.165, 1.54) is 0 Å². The van der Waals surface area contributed by atoms with Gasteiger partial charge in [-0.2, -0.15) is 0 Å². The monoisotopic (exact) mass is 253 g/mol. The van der Waals surface area contributed by atoms with E-state index >= 15 is 0 Å². The summed E-state index contributed by atoms with van der Waals surface area (Å²) in [6.45, 7) is 1.93. The minimum absolute atomic E-state index is 0.0924. The Morgan fingerprint density at radius 3 is 2.89 bits per heavy atom. The fraction of sp³-hybridized carbons (Fsp3) is 0.133. The third kappa shape index (κ3) is 2.12. The molecule has 3 N–H and O–H groups in total. The van der Waals surface area contributed by atoms with Crippen LogP contribution in [0.25, 0.3) is 10.9 Å². The van der Waals surface area contributed by atoms with Gasteiger partial charge in [0.05, 0.1) is 17.8 Å². The van der Waals surface area contributed by atoms with E-state index in [9.17, 15) is 0 Å². The number of nitrogens with one attached hydrogen (secondary N) is 1. The Balaban J connectivity index is 2.09. The number of pyridine rings is 1. The zero-order valence-corrected chi connectivity index (χ0v) is 10.6. The van der Waals surface area contributed by atoms with Crippen molar-refractivity contribution < 1.29 is 4.42 Å². The summed E-state index contributed by atoms with van der Waals surface area (Å²) in [6.07, 6.45) is 3.47. The number of furan rings is 1. The van der Waals surface area contributed by atoms with Gasteiger partial charge in [-0.1, -0.05) is 18.2 Å². The van der Waals surface area contributed by atoms with Crippen LogP contribution < -0.4 is 11.3 Å². The molecule has 3 rings (SSSR count). The van der Waals surface area contributed by atoms with E-state index in [4.69, 9.17) is 10.3 Å². The Bertz CT molecular complexity index is 705. The van der Waals surface area contributed by atoms with Gasteiger partial charge in [0.25, 0.3) is 0 Å². The molecule has 0 amide bonds. The summed E-state index contributed by atoms with van der Waals surface area (Å²) in [6, 6.07) is 12.0. The SMILES string of the molecule is Cc1occc1C(NN)c1ccc2cccnc2c1. The van der Waals surface area contributed by atoms with E-state index in [1.807, 2.05) is 31.2 Å². The average Bonchev–Trinajstić information content (AvgIpc) is 2.86.